The zero-order chi connectivity index (χ0) is 23.1. The fourth-order valence-electron chi connectivity index (χ4n) is 2.92. The van der Waals surface area contributed by atoms with Crippen molar-refractivity contribution in [1.82, 2.24) is 4.98 Å². The largest absolute Gasteiger partial charge is 0.494 e. The topological polar surface area (TPSA) is 104 Å². The number of esters is 2. The first-order valence-electron chi connectivity index (χ1n) is 9.72. The summed E-state index contributed by atoms with van der Waals surface area (Å²) in [6, 6.07) is 11.8. The lowest BCUT2D eigenvalue weighted by Crippen LogP contribution is -2.16. The fraction of sp³-hybridized carbons (Fsp3) is 0.217. The van der Waals surface area contributed by atoms with Crippen molar-refractivity contribution in [2.75, 3.05) is 26.1 Å². The van der Waals surface area contributed by atoms with Crippen LogP contribution in [0.15, 0.2) is 47.8 Å². The predicted molar refractivity (Wildman–Crippen MR) is 120 cm³/mol. The lowest BCUT2D eigenvalue weighted by molar-refractivity contribution is -0.115. The molecule has 0 aliphatic carbocycles. The maximum absolute atomic E-state index is 12.6. The number of amides is 1. The summed E-state index contributed by atoms with van der Waals surface area (Å²) in [6.07, 6.45) is 0.0313. The Kier molecular flexibility index (Phi) is 7.56. The van der Waals surface area contributed by atoms with E-state index in [4.69, 9.17) is 14.2 Å². The van der Waals surface area contributed by atoms with Crippen LogP contribution in [0.25, 0.3) is 10.6 Å². The summed E-state index contributed by atoms with van der Waals surface area (Å²) < 4.78 is 14.9. The molecular formula is C23H22N2O6S. The molecule has 0 aliphatic heterocycles. The Bertz CT molecular complexity index is 1090. The van der Waals surface area contributed by atoms with E-state index in [9.17, 15) is 14.4 Å². The van der Waals surface area contributed by atoms with Gasteiger partial charge in [0, 0.05) is 16.6 Å². The van der Waals surface area contributed by atoms with Gasteiger partial charge in [-0.25, -0.2) is 14.6 Å². The Labute approximate surface area is 189 Å². The molecule has 9 heteroatoms. The highest BCUT2D eigenvalue weighted by Gasteiger charge is 2.16. The van der Waals surface area contributed by atoms with Crippen LogP contribution in [-0.2, 0) is 20.7 Å². The molecule has 0 fully saturated rings. The van der Waals surface area contributed by atoms with Crippen molar-refractivity contribution in [3.05, 3.63) is 64.7 Å². The van der Waals surface area contributed by atoms with E-state index in [1.54, 1.807) is 0 Å². The molecule has 0 radical (unpaired) electrons. The van der Waals surface area contributed by atoms with Gasteiger partial charge in [-0.1, -0.05) is 0 Å². The maximum Gasteiger partial charge on any atom is 0.337 e. The minimum atomic E-state index is -0.634. The SMILES string of the molecule is CCOc1ccc(-c2nc(CC(=O)Nc3cc(C(=O)OC)cc(C(=O)OC)c3)cs2)cc1. The molecule has 1 amide bonds. The molecule has 3 rings (SSSR count). The molecule has 2 aromatic carbocycles. The molecule has 1 heterocycles. The van der Waals surface area contributed by atoms with Crippen LogP contribution in [0.4, 0.5) is 5.69 Å². The van der Waals surface area contributed by atoms with Gasteiger partial charge in [0.25, 0.3) is 0 Å². The average molecular weight is 455 g/mol. The second kappa shape index (κ2) is 10.5. The number of hydrogen-bond acceptors (Lipinski definition) is 8. The molecule has 0 unspecified atom stereocenters. The highest BCUT2D eigenvalue weighted by molar-refractivity contribution is 7.13. The molecule has 3 aromatic rings. The van der Waals surface area contributed by atoms with Crippen LogP contribution in [0.3, 0.4) is 0 Å². The van der Waals surface area contributed by atoms with Crippen molar-refractivity contribution in [3.63, 3.8) is 0 Å². The predicted octanol–water partition coefficient (Wildman–Crippen LogP) is 3.96. The molecule has 1 N–H and O–H groups in total. The smallest absolute Gasteiger partial charge is 0.337 e. The van der Waals surface area contributed by atoms with Gasteiger partial charge < -0.3 is 19.5 Å². The highest BCUT2D eigenvalue weighted by atomic mass is 32.1. The molecule has 0 aliphatic rings. The summed E-state index contributed by atoms with van der Waals surface area (Å²) in [4.78, 5) is 40.9. The van der Waals surface area contributed by atoms with Gasteiger partial charge in [-0.2, -0.15) is 0 Å². The zero-order valence-corrected chi connectivity index (χ0v) is 18.7. The highest BCUT2D eigenvalue weighted by Crippen LogP contribution is 2.26. The van der Waals surface area contributed by atoms with Crippen LogP contribution < -0.4 is 10.1 Å². The van der Waals surface area contributed by atoms with Crippen molar-refractivity contribution in [3.8, 4) is 16.3 Å². The summed E-state index contributed by atoms with van der Waals surface area (Å²) >= 11 is 1.43. The van der Waals surface area contributed by atoms with E-state index in [1.165, 1.54) is 43.8 Å². The standard InChI is InChI=1S/C23H22N2O6S/c1-4-31-19-7-5-14(6-8-19)21-25-18(13-32-21)12-20(26)24-17-10-15(22(27)29-2)9-16(11-17)23(28)30-3/h5-11,13H,4,12H2,1-3H3,(H,24,26). The number of nitrogens with zero attached hydrogens (tertiary/aromatic N) is 1. The number of benzene rings is 2. The summed E-state index contributed by atoms with van der Waals surface area (Å²) in [6.45, 7) is 2.52. The average Bonchev–Trinajstić information content (AvgIpc) is 3.26. The van der Waals surface area contributed by atoms with Crippen molar-refractivity contribution in [2.45, 2.75) is 13.3 Å². The fourth-order valence-corrected chi connectivity index (χ4v) is 3.75. The lowest BCUT2D eigenvalue weighted by atomic mass is 10.1. The van der Waals surface area contributed by atoms with Gasteiger partial charge in [0.05, 0.1) is 44.1 Å². The third-order valence-electron chi connectivity index (χ3n) is 4.36. The molecular weight excluding hydrogens is 432 g/mol. The Balaban J connectivity index is 1.72. The maximum atomic E-state index is 12.6. The minimum absolute atomic E-state index is 0.0313. The molecule has 8 nitrogen and oxygen atoms in total. The monoisotopic (exact) mass is 454 g/mol. The normalized spacial score (nSPS) is 10.3. The molecule has 0 atom stereocenters. The summed E-state index contributed by atoms with van der Waals surface area (Å²) in [5.74, 6) is -0.823. The van der Waals surface area contributed by atoms with Crippen LogP contribution in [0, 0.1) is 0 Å². The lowest BCUT2D eigenvalue weighted by Gasteiger charge is -2.09. The quantitative estimate of drug-likeness (QED) is 0.514. The number of hydrogen-bond donors (Lipinski definition) is 1. The number of rotatable bonds is 8. The second-order valence-electron chi connectivity index (χ2n) is 6.61. The molecule has 0 saturated carbocycles. The first kappa shape index (κ1) is 23.0. The van der Waals surface area contributed by atoms with E-state index in [0.29, 0.717) is 12.3 Å². The third kappa shape index (κ3) is 5.70. The molecule has 32 heavy (non-hydrogen) atoms. The summed E-state index contributed by atoms with van der Waals surface area (Å²) in [5.41, 5.74) is 2.06. The van der Waals surface area contributed by atoms with Gasteiger partial charge in [-0.15, -0.1) is 11.3 Å². The zero-order valence-electron chi connectivity index (χ0n) is 17.8. The number of thiazole rings is 1. The van der Waals surface area contributed by atoms with Gasteiger partial charge in [-0.05, 0) is 49.4 Å². The van der Waals surface area contributed by atoms with Gasteiger partial charge >= 0.3 is 11.9 Å². The molecule has 166 valence electrons. The van der Waals surface area contributed by atoms with E-state index in [0.717, 1.165) is 16.3 Å². The Morgan fingerprint density at radius 1 is 0.969 bits per heavy atom. The minimum Gasteiger partial charge on any atom is -0.494 e. The number of carbonyl (C=O) groups excluding carboxylic acids is 3. The first-order chi connectivity index (χ1) is 15.4. The Morgan fingerprint density at radius 2 is 1.59 bits per heavy atom. The Morgan fingerprint density at radius 3 is 2.16 bits per heavy atom. The van der Waals surface area contributed by atoms with Crippen molar-refractivity contribution in [2.24, 2.45) is 0 Å². The van der Waals surface area contributed by atoms with Crippen LogP contribution >= 0.6 is 11.3 Å². The van der Waals surface area contributed by atoms with Crippen molar-refractivity contribution < 1.29 is 28.6 Å². The van der Waals surface area contributed by atoms with E-state index in [2.05, 4.69) is 10.3 Å². The van der Waals surface area contributed by atoms with Crippen molar-refractivity contribution in [1.29, 1.82) is 0 Å². The molecule has 0 bridgehead atoms. The molecule has 0 spiro atoms. The van der Waals surface area contributed by atoms with E-state index in [-0.39, 0.29) is 29.1 Å². The van der Waals surface area contributed by atoms with E-state index in [1.807, 2.05) is 36.6 Å². The summed E-state index contributed by atoms with van der Waals surface area (Å²) in [5, 5.41) is 5.30. The number of carbonyl (C=O) groups is 3. The van der Waals surface area contributed by atoms with E-state index < -0.39 is 11.9 Å². The Hall–Kier alpha value is -3.72. The van der Waals surface area contributed by atoms with Crippen LogP contribution in [0.5, 0.6) is 5.75 Å². The first-order valence-corrected chi connectivity index (χ1v) is 10.6. The van der Waals surface area contributed by atoms with Gasteiger partial charge in [0.1, 0.15) is 10.8 Å². The van der Waals surface area contributed by atoms with Gasteiger partial charge in [-0.3, -0.25) is 4.79 Å². The van der Waals surface area contributed by atoms with Crippen molar-refractivity contribution >= 4 is 34.9 Å². The molecule has 1 aromatic heterocycles. The van der Waals surface area contributed by atoms with Crippen LogP contribution in [-0.4, -0.2) is 43.7 Å². The number of aromatic nitrogens is 1. The number of anilines is 1. The van der Waals surface area contributed by atoms with Crippen LogP contribution in [0.1, 0.15) is 33.3 Å². The third-order valence-corrected chi connectivity index (χ3v) is 5.30. The van der Waals surface area contributed by atoms with Crippen LogP contribution in [0.2, 0.25) is 0 Å². The molecule has 0 saturated heterocycles. The van der Waals surface area contributed by atoms with E-state index >= 15 is 0 Å². The van der Waals surface area contributed by atoms with Gasteiger partial charge in [0.15, 0.2) is 0 Å². The number of ether oxygens (including phenoxy) is 3. The number of nitrogens with one attached hydrogen (secondary N) is 1. The second-order valence-corrected chi connectivity index (χ2v) is 7.47. The van der Waals surface area contributed by atoms with Gasteiger partial charge in [0.2, 0.25) is 5.91 Å². The number of methoxy groups -OCH3 is 2. The summed E-state index contributed by atoms with van der Waals surface area (Å²) in [7, 11) is 2.46.